The molecule has 1 aliphatic rings. The fraction of sp³-hybridized carbons (Fsp3) is 0.688. The minimum Gasteiger partial charge on any atom is -0.488 e. The fourth-order valence-corrected chi connectivity index (χ4v) is 5.08. The molecule has 1 aromatic heterocycles. The zero-order valence-corrected chi connectivity index (χ0v) is 22.9. The van der Waals surface area contributed by atoms with Gasteiger partial charge in [-0.1, -0.05) is 141 Å². The molecule has 0 bridgehead atoms. The van der Waals surface area contributed by atoms with E-state index in [1.807, 2.05) is 24.3 Å². The van der Waals surface area contributed by atoms with E-state index >= 15 is 0 Å². The van der Waals surface area contributed by atoms with E-state index < -0.39 is 0 Å². The predicted molar refractivity (Wildman–Crippen MR) is 151 cm³/mol. The van der Waals surface area contributed by atoms with Gasteiger partial charge in [-0.25, -0.2) is 0 Å². The highest BCUT2D eigenvalue weighted by atomic mass is 16.5. The first-order valence-electron chi connectivity index (χ1n) is 15.1. The smallest absolute Gasteiger partial charge is 0.247 e. The Morgan fingerprint density at radius 2 is 1.17 bits per heavy atom. The molecule has 36 heavy (non-hydrogen) atoms. The Hall–Kier alpha value is -2.10. The summed E-state index contributed by atoms with van der Waals surface area (Å²) >= 11 is 0. The molecule has 1 aromatic carbocycles. The zero-order chi connectivity index (χ0) is 25.1. The van der Waals surface area contributed by atoms with E-state index in [1.165, 1.54) is 116 Å². The van der Waals surface area contributed by atoms with E-state index in [9.17, 15) is 0 Å². The van der Waals surface area contributed by atoms with Crippen LogP contribution in [0, 0.1) is 0 Å². The van der Waals surface area contributed by atoms with Gasteiger partial charge < -0.3 is 9.15 Å². The topological polar surface area (TPSA) is 48.2 Å². The van der Waals surface area contributed by atoms with Crippen LogP contribution in [0.3, 0.4) is 0 Å². The predicted octanol–water partition coefficient (Wildman–Crippen LogP) is 9.98. The second-order valence-electron chi connectivity index (χ2n) is 10.6. The average molecular weight is 495 g/mol. The lowest BCUT2D eigenvalue weighted by Crippen LogP contribution is -2.06. The lowest BCUT2D eigenvalue weighted by Gasteiger charge is -2.15. The molecule has 0 atom stereocenters. The van der Waals surface area contributed by atoms with E-state index in [2.05, 4.69) is 23.2 Å². The van der Waals surface area contributed by atoms with Crippen molar-refractivity contribution in [1.82, 2.24) is 10.2 Å². The van der Waals surface area contributed by atoms with E-state index in [1.54, 1.807) is 0 Å². The minimum absolute atomic E-state index is 0.484. The molecular weight excluding hydrogens is 444 g/mol. The molecule has 2 aromatic rings. The molecule has 0 radical (unpaired) electrons. The Bertz CT molecular complexity index is 857. The van der Waals surface area contributed by atoms with Crippen LogP contribution in [0.4, 0.5) is 0 Å². The molecule has 0 amide bonds. The number of aryl methyl sites for hydroxylation is 1. The molecule has 0 aliphatic carbocycles. The van der Waals surface area contributed by atoms with Gasteiger partial charge in [0.05, 0.1) is 5.57 Å². The van der Waals surface area contributed by atoms with Gasteiger partial charge >= 0.3 is 0 Å². The highest BCUT2D eigenvalue weighted by Gasteiger charge is 2.17. The van der Waals surface area contributed by atoms with Crippen molar-refractivity contribution in [3.8, 4) is 5.75 Å². The molecule has 4 heteroatoms. The van der Waals surface area contributed by atoms with Gasteiger partial charge in [-0.05, 0) is 18.6 Å². The Kier molecular flexibility index (Phi) is 14.4. The number of aromatic nitrogens is 2. The van der Waals surface area contributed by atoms with Crippen LogP contribution in [0.25, 0.3) is 11.6 Å². The summed E-state index contributed by atoms with van der Waals surface area (Å²) in [6, 6.07) is 8.04. The van der Waals surface area contributed by atoms with Crippen LogP contribution < -0.4 is 4.74 Å². The molecule has 0 saturated heterocycles. The molecular formula is C32H50N2O2. The summed E-state index contributed by atoms with van der Waals surface area (Å²) in [6.45, 7) is 2.78. The first kappa shape index (κ1) is 28.5. The van der Waals surface area contributed by atoms with Crippen molar-refractivity contribution in [2.75, 3.05) is 6.61 Å². The third kappa shape index (κ3) is 11.3. The lowest BCUT2D eigenvalue weighted by atomic mass is 10.0. The molecule has 2 heterocycles. The number of hydrogen-bond donors (Lipinski definition) is 0. The highest BCUT2D eigenvalue weighted by molar-refractivity contribution is 5.82. The van der Waals surface area contributed by atoms with Crippen molar-refractivity contribution < 1.29 is 9.15 Å². The molecule has 0 fully saturated rings. The number of nitrogens with zero attached hydrogens (tertiary/aromatic N) is 2. The maximum atomic E-state index is 5.90. The second-order valence-corrected chi connectivity index (χ2v) is 10.6. The van der Waals surface area contributed by atoms with Crippen molar-refractivity contribution in [1.29, 1.82) is 0 Å². The summed E-state index contributed by atoms with van der Waals surface area (Å²) in [5.41, 5.74) is 2.03. The third-order valence-electron chi connectivity index (χ3n) is 7.37. The normalized spacial score (nSPS) is 12.9. The Morgan fingerprint density at radius 1 is 0.639 bits per heavy atom. The maximum absolute atomic E-state index is 5.90. The minimum atomic E-state index is 0.484. The molecule has 0 saturated carbocycles. The summed E-state index contributed by atoms with van der Waals surface area (Å²) in [7, 11) is 0. The first-order chi connectivity index (χ1) is 17.9. The maximum Gasteiger partial charge on any atom is 0.247 e. The number of unbranched alkanes of at least 4 members (excludes halogenated alkanes) is 18. The van der Waals surface area contributed by atoms with Gasteiger partial charge in [-0.2, -0.15) is 0 Å². The summed E-state index contributed by atoms with van der Waals surface area (Å²) < 4.78 is 11.7. The van der Waals surface area contributed by atoms with Gasteiger partial charge in [-0.3, -0.25) is 0 Å². The first-order valence-corrected chi connectivity index (χ1v) is 15.1. The molecule has 0 N–H and O–H groups in total. The third-order valence-corrected chi connectivity index (χ3v) is 7.37. The fourth-order valence-electron chi connectivity index (χ4n) is 5.08. The largest absolute Gasteiger partial charge is 0.488 e. The van der Waals surface area contributed by atoms with Crippen LogP contribution in [-0.2, 0) is 6.42 Å². The van der Waals surface area contributed by atoms with Crippen molar-refractivity contribution in [2.24, 2.45) is 0 Å². The molecule has 4 nitrogen and oxygen atoms in total. The van der Waals surface area contributed by atoms with Crippen LogP contribution in [-0.4, -0.2) is 16.8 Å². The number of hydrogen-bond acceptors (Lipinski definition) is 4. The number of rotatable bonds is 21. The molecule has 200 valence electrons. The van der Waals surface area contributed by atoms with Gasteiger partial charge in [0, 0.05) is 12.0 Å². The van der Waals surface area contributed by atoms with Crippen LogP contribution in [0.1, 0.15) is 146 Å². The van der Waals surface area contributed by atoms with Crippen molar-refractivity contribution >= 4 is 11.6 Å². The Morgan fingerprint density at radius 3 is 1.75 bits per heavy atom. The molecule has 0 spiro atoms. The standard InChI is InChI=1S/C32H50N2O2/c1-2-3-4-5-6-7-8-9-10-11-12-13-14-15-16-17-18-19-20-25-31-33-34-32(36-31)29-26-28-23-21-22-24-30(28)35-27-29/h21-24,26H,2-20,25,27H2,1H3. The van der Waals surface area contributed by atoms with Gasteiger partial charge in [0.2, 0.25) is 11.8 Å². The zero-order valence-electron chi connectivity index (χ0n) is 22.9. The number of fused-ring (bicyclic) bond motifs is 1. The summed E-state index contributed by atoms with van der Waals surface area (Å²) in [5, 5.41) is 8.50. The van der Waals surface area contributed by atoms with E-state index in [4.69, 9.17) is 9.15 Å². The van der Waals surface area contributed by atoms with Crippen LogP contribution in [0.5, 0.6) is 5.75 Å². The number of para-hydroxylation sites is 1. The van der Waals surface area contributed by atoms with Crippen LogP contribution in [0.2, 0.25) is 0 Å². The number of ether oxygens (including phenoxy) is 1. The van der Waals surface area contributed by atoms with Crippen LogP contribution in [0.15, 0.2) is 28.7 Å². The number of benzene rings is 1. The highest BCUT2D eigenvalue weighted by Crippen LogP contribution is 2.29. The van der Waals surface area contributed by atoms with Crippen molar-refractivity contribution in [3.63, 3.8) is 0 Å². The average Bonchev–Trinajstić information content (AvgIpc) is 3.39. The van der Waals surface area contributed by atoms with E-state index in [0.29, 0.717) is 12.5 Å². The summed E-state index contributed by atoms with van der Waals surface area (Å²) in [4.78, 5) is 0. The lowest BCUT2D eigenvalue weighted by molar-refractivity contribution is 0.359. The Balaban J connectivity index is 1.10. The monoisotopic (exact) mass is 494 g/mol. The van der Waals surface area contributed by atoms with Gasteiger partial charge in [0.25, 0.3) is 0 Å². The molecule has 0 unspecified atom stereocenters. The molecule has 1 aliphatic heterocycles. The van der Waals surface area contributed by atoms with Gasteiger partial charge in [-0.15, -0.1) is 10.2 Å². The van der Waals surface area contributed by atoms with Crippen molar-refractivity contribution in [2.45, 2.75) is 135 Å². The quantitative estimate of drug-likeness (QED) is 0.162. The van der Waals surface area contributed by atoms with E-state index in [-0.39, 0.29) is 0 Å². The van der Waals surface area contributed by atoms with Gasteiger partial charge in [0.1, 0.15) is 12.4 Å². The summed E-state index contributed by atoms with van der Waals surface area (Å²) in [5.74, 6) is 2.25. The second kappa shape index (κ2) is 18.2. The van der Waals surface area contributed by atoms with Crippen molar-refractivity contribution in [3.05, 3.63) is 41.6 Å². The Labute approximate surface area is 220 Å². The van der Waals surface area contributed by atoms with E-state index in [0.717, 1.165) is 35.6 Å². The van der Waals surface area contributed by atoms with Crippen LogP contribution >= 0.6 is 0 Å². The molecule has 3 rings (SSSR count). The SMILES string of the molecule is CCCCCCCCCCCCCCCCCCCCCc1nnc(C2=Cc3ccccc3OC2)o1. The summed E-state index contributed by atoms with van der Waals surface area (Å²) in [6.07, 6.45) is 29.5. The van der Waals surface area contributed by atoms with Gasteiger partial charge in [0.15, 0.2) is 0 Å².